The molecule has 1 heterocycles. The van der Waals surface area contributed by atoms with Crippen LogP contribution in [0, 0.1) is 0 Å². The number of carbonyl (C=O) groups is 4. The van der Waals surface area contributed by atoms with E-state index >= 15 is 0 Å². The van der Waals surface area contributed by atoms with Crippen LogP contribution in [0.4, 0.5) is 10.5 Å². The van der Waals surface area contributed by atoms with Gasteiger partial charge in [-0.3, -0.25) is 24.6 Å². The molecule has 1 fully saturated rings. The summed E-state index contributed by atoms with van der Waals surface area (Å²) in [6, 6.07) is 19.3. The van der Waals surface area contributed by atoms with Crippen molar-refractivity contribution in [2.45, 2.75) is 26.9 Å². The lowest BCUT2D eigenvalue weighted by molar-refractivity contribution is -0.140. The predicted octanol–water partition coefficient (Wildman–Crippen LogP) is 3.84. The number of carbonyl (C=O) groups excluding carboxylic acids is 4. The average Bonchev–Trinajstić information content (AvgIpc) is 3.19. The van der Waals surface area contributed by atoms with Crippen molar-refractivity contribution in [2.24, 2.45) is 0 Å². The number of methoxy groups -OCH3 is 1. The molecule has 202 valence electrons. The zero-order chi connectivity index (χ0) is 27.9. The standard InChI is InChI=1S/C29H30N4O6/c1-4-32(5-2)21-9-13-23(14-10-21)39-22-11-6-19(7-12-22)17-30-26(34)24-16-20(8-15-25(24)38-3)18-33-28(36)27(35)31-29(33)37/h6-16H,4-5,17-18H2,1-3H3,(H,30,34)(H,31,35,37). The van der Waals surface area contributed by atoms with Crippen LogP contribution in [0.25, 0.3) is 0 Å². The van der Waals surface area contributed by atoms with Gasteiger partial charge in [0.1, 0.15) is 17.2 Å². The molecule has 4 rings (SSSR count). The van der Waals surface area contributed by atoms with Gasteiger partial charge >= 0.3 is 17.8 Å². The van der Waals surface area contributed by atoms with E-state index < -0.39 is 23.8 Å². The summed E-state index contributed by atoms with van der Waals surface area (Å²) in [5.74, 6) is -0.566. The van der Waals surface area contributed by atoms with Gasteiger partial charge in [0.05, 0.1) is 19.2 Å². The van der Waals surface area contributed by atoms with Crippen LogP contribution in [0.2, 0.25) is 0 Å². The van der Waals surface area contributed by atoms with Crippen LogP contribution in [0.1, 0.15) is 35.3 Å². The molecular formula is C29H30N4O6. The van der Waals surface area contributed by atoms with E-state index in [1.165, 1.54) is 13.2 Å². The SMILES string of the molecule is CCN(CC)c1ccc(Oc2ccc(CNC(=O)c3cc(CN4C(=O)NC(=O)C4=O)ccc3OC)cc2)cc1. The highest BCUT2D eigenvalue weighted by Crippen LogP contribution is 2.25. The number of imide groups is 2. The monoisotopic (exact) mass is 530 g/mol. The molecule has 5 amide bonds. The lowest BCUT2D eigenvalue weighted by Crippen LogP contribution is -2.30. The Labute approximate surface area is 226 Å². The van der Waals surface area contributed by atoms with E-state index in [0.29, 0.717) is 17.1 Å². The second kappa shape index (κ2) is 12.1. The fourth-order valence-corrected chi connectivity index (χ4v) is 4.19. The molecule has 1 aliphatic rings. The average molecular weight is 531 g/mol. The number of rotatable bonds is 11. The Kier molecular flexibility index (Phi) is 8.45. The van der Waals surface area contributed by atoms with E-state index in [0.717, 1.165) is 35.0 Å². The van der Waals surface area contributed by atoms with E-state index in [4.69, 9.17) is 9.47 Å². The minimum atomic E-state index is -0.976. The second-order valence-corrected chi connectivity index (χ2v) is 8.78. The van der Waals surface area contributed by atoms with E-state index in [2.05, 4.69) is 24.1 Å². The quantitative estimate of drug-likeness (QED) is 0.286. The lowest BCUT2D eigenvalue weighted by atomic mass is 10.1. The molecule has 0 aromatic heterocycles. The normalized spacial score (nSPS) is 12.8. The number of hydrogen-bond donors (Lipinski definition) is 2. The molecule has 3 aromatic carbocycles. The van der Waals surface area contributed by atoms with Crippen molar-refractivity contribution in [1.29, 1.82) is 0 Å². The van der Waals surface area contributed by atoms with Crippen molar-refractivity contribution < 1.29 is 28.7 Å². The molecule has 0 atom stereocenters. The first-order chi connectivity index (χ1) is 18.8. The van der Waals surface area contributed by atoms with Crippen molar-refractivity contribution in [3.63, 3.8) is 0 Å². The molecule has 0 aliphatic carbocycles. The fraction of sp³-hybridized carbons (Fsp3) is 0.241. The summed E-state index contributed by atoms with van der Waals surface area (Å²) < 4.78 is 11.3. The molecule has 3 aromatic rings. The van der Waals surface area contributed by atoms with Crippen molar-refractivity contribution in [1.82, 2.24) is 15.5 Å². The van der Waals surface area contributed by atoms with Crippen LogP contribution in [-0.4, -0.2) is 48.9 Å². The zero-order valence-corrected chi connectivity index (χ0v) is 22.0. The maximum Gasteiger partial charge on any atom is 0.331 e. The highest BCUT2D eigenvalue weighted by atomic mass is 16.5. The predicted molar refractivity (Wildman–Crippen MR) is 145 cm³/mol. The summed E-state index contributed by atoms with van der Waals surface area (Å²) in [6.45, 7) is 6.22. The van der Waals surface area contributed by atoms with Crippen LogP contribution in [0.5, 0.6) is 17.2 Å². The van der Waals surface area contributed by atoms with Gasteiger partial charge in [0.15, 0.2) is 0 Å². The number of anilines is 1. The van der Waals surface area contributed by atoms with Gasteiger partial charge in [0.25, 0.3) is 5.91 Å². The molecule has 10 nitrogen and oxygen atoms in total. The molecule has 1 saturated heterocycles. The van der Waals surface area contributed by atoms with Gasteiger partial charge in [-0.1, -0.05) is 18.2 Å². The van der Waals surface area contributed by atoms with Crippen LogP contribution >= 0.6 is 0 Å². The highest BCUT2D eigenvalue weighted by Gasteiger charge is 2.36. The zero-order valence-electron chi connectivity index (χ0n) is 22.0. The summed E-state index contributed by atoms with van der Waals surface area (Å²) in [7, 11) is 1.44. The first kappa shape index (κ1) is 27.2. The molecule has 0 bridgehead atoms. The Morgan fingerprint density at radius 2 is 1.51 bits per heavy atom. The van der Waals surface area contributed by atoms with Gasteiger partial charge in [-0.05, 0) is 73.5 Å². The third-order valence-corrected chi connectivity index (χ3v) is 6.33. The number of hydrogen-bond acceptors (Lipinski definition) is 7. The largest absolute Gasteiger partial charge is 0.496 e. The van der Waals surface area contributed by atoms with Gasteiger partial charge in [-0.25, -0.2) is 4.79 Å². The van der Waals surface area contributed by atoms with Gasteiger partial charge in [-0.2, -0.15) is 0 Å². The van der Waals surface area contributed by atoms with E-state index in [1.807, 2.05) is 53.8 Å². The number of benzene rings is 3. The number of nitrogens with zero attached hydrogens (tertiary/aromatic N) is 2. The van der Waals surface area contributed by atoms with Gasteiger partial charge < -0.3 is 19.7 Å². The smallest absolute Gasteiger partial charge is 0.331 e. The van der Waals surface area contributed by atoms with Gasteiger partial charge in [-0.15, -0.1) is 0 Å². The van der Waals surface area contributed by atoms with Crippen LogP contribution in [0.3, 0.4) is 0 Å². The molecule has 0 unspecified atom stereocenters. The molecule has 1 aliphatic heterocycles. The minimum Gasteiger partial charge on any atom is -0.496 e. The molecule has 0 saturated carbocycles. The summed E-state index contributed by atoms with van der Waals surface area (Å²) >= 11 is 0. The Bertz CT molecular complexity index is 1370. The lowest BCUT2D eigenvalue weighted by Gasteiger charge is -2.21. The summed E-state index contributed by atoms with van der Waals surface area (Å²) in [4.78, 5) is 51.2. The Morgan fingerprint density at radius 1 is 0.897 bits per heavy atom. The van der Waals surface area contributed by atoms with E-state index in [9.17, 15) is 19.2 Å². The van der Waals surface area contributed by atoms with Crippen molar-refractivity contribution in [2.75, 3.05) is 25.1 Å². The number of amides is 5. The van der Waals surface area contributed by atoms with E-state index in [-0.39, 0.29) is 18.7 Å². The van der Waals surface area contributed by atoms with Crippen LogP contribution in [0.15, 0.2) is 66.7 Å². The van der Waals surface area contributed by atoms with E-state index in [1.54, 1.807) is 12.1 Å². The second-order valence-electron chi connectivity index (χ2n) is 8.78. The number of urea groups is 1. The summed E-state index contributed by atoms with van der Waals surface area (Å²) in [5.41, 5.74) is 2.73. The highest BCUT2D eigenvalue weighted by molar-refractivity contribution is 6.44. The topological polar surface area (TPSA) is 117 Å². The third-order valence-electron chi connectivity index (χ3n) is 6.33. The van der Waals surface area contributed by atoms with Crippen molar-refractivity contribution in [3.8, 4) is 17.2 Å². The van der Waals surface area contributed by atoms with Gasteiger partial charge in [0, 0.05) is 25.3 Å². The summed E-state index contributed by atoms with van der Waals surface area (Å²) in [6.07, 6.45) is 0. The molecule has 2 N–H and O–H groups in total. The number of nitrogens with one attached hydrogen (secondary N) is 2. The molecule has 39 heavy (non-hydrogen) atoms. The summed E-state index contributed by atoms with van der Waals surface area (Å²) in [5, 5.41) is 4.80. The van der Waals surface area contributed by atoms with Crippen molar-refractivity contribution in [3.05, 3.63) is 83.4 Å². The maximum absolute atomic E-state index is 13.0. The first-order valence-corrected chi connectivity index (χ1v) is 12.6. The van der Waals surface area contributed by atoms with Crippen LogP contribution in [-0.2, 0) is 22.7 Å². The third kappa shape index (κ3) is 6.35. The Morgan fingerprint density at radius 3 is 2.08 bits per heavy atom. The maximum atomic E-state index is 13.0. The molecule has 0 spiro atoms. The minimum absolute atomic E-state index is 0.152. The van der Waals surface area contributed by atoms with Crippen LogP contribution < -0.4 is 25.0 Å². The first-order valence-electron chi connectivity index (χ1n) is 12.6. The van der Waals surface area contributed by atoms with Crippen molar-refractivity contribution >= 4 is 29.4 Å². The van der Waals surface area contributed by atoms with Gasteiger partial charge in [0.2, 0.25) is 0 Å². The Hall–Kier alpha value is -4.86. The number of ether oxygens (including phenoxy) is 2. The molecule has 0 radical (unpaired) electrons. The molecule has 10 heteroatoms. The fourth-order valence-electron chi connectivity index (χ4n) is 4.19. The Balaban J connectivity index is 1.37. The molecular weight excluding hydrogens is 500 g/mol.